The van der Waals surface area contributed by atoms with Crippen LogP contribution in [0.5, 0.6) is 0 Å². The molecule has 0 saturated carbocycles. The van der Waals surface area contributed by atoms with E-state index < -0.39 is 0 Å². The van der Waals surface area contributed by atoms with Gasteiger partial charge in [-0.15, -0.1) is 0 Å². The number of aromatic nitrogens is 4. The average Bonchev–Trinajstić information content (AvgIpc) is 3.13. The second-order valence-electron chi connectivity index (χ2n) is 6.37. The molecule has 2 aromatic carbocycles. The number of hydrazine groups is 1. The number of fused-ring (bicyclic) bond motifs is 1. The third-order valence-corrected chi connectivity index (χ3v) is 4.72. The van der Waals surface area contributed by atoms with Crippen LogP contribution in [0.4, 0.5) is 5.82 Å². The van der Waals surface area contributed by atoms with Crippen LogP contribution < -0.4 is 10.9 Å². The number of amides is 1. The van der Waals surface area contributed by atoms with Crippen LogP contribution in [-0.2, 0) is 0 Å². The van der Waals surface area contributed by atoms with Crippen LogP contribution in [0.25, 0.3) is 16.7 Å². The fourth-order valence-corrected chi connectivity index (χ4v) is 3.00. The van der Waals surface area contributed by atoms with Gasteiger partial charge in [0.1, 0.15) is 6.33 Å². The molecule has 0 spiro atoms. The van der Waals surface area contributed by atoms with Crippen molar-refractivity contribution >= 4 is 34.4 Å². The van der Waals surface area contributed by atoms with Crippen molar-refractivity contribution in [2.24, 2.45) is 0 Å². The summed E-state index contributed by atoms with van der Waals surface area (Å²) in [5.74, 6) is 0.131. The molecule has 1 amide bonds. The number of halogens is 1. The molecule has 8 heteroatoms. The zero-order valence-electron chi connectivity index (χ0n) is 15.3. The molecule has 0 unspecified atom stereocenters. The van der Waals surface area contributed by atoms with Crippen LogP contribution in [0.1, 0.15) is 21.5 Å². The molecular weight excluding hydrogens is 376 g/mol. The van der Waals surface area contributed by atoms with E-state index in [0.29, 0.717) is 27.4 Å². The molecule has 2 aromatic heterocycles. The SMILES string of the molecule is Cc1ccc(-n2ncc3c(NNC(=O)c4cccc(Cl)c4)ncnc32)cc1C. The van der Waals surface area contributed by atoms with E-state index in [4.69, 9.17) is 11.6 Å². The second-order valence-corrected chi connectivity index (χ2v) is 6.81. The first kappa shape index (κ1) is 17.9. The van der Waals surface area contributed by atoms with Crippen molar-refractivity contribution in [3.05, 3.63) is 76.7 Å². The fourth-order valence-electron chi connectivity index (χ4n) is 2.81. The van der Waals surface area contributed by atoms with Crippen LogP contribution in [0, 0.1) is 13.8 Å². The monoisotopic (exact) mass is 392 g/mol. The molecule has 0 radical (unpaired) electrons. The van der Waals surface area contributed by atoms with Crippen molar-refractivity contribution in [3.8, 4) is 5.69 Å². The minimum atomic E-state index is -0.323. The summed E-state index contributed by atoms with van der Waals surface area (Å²) in [5, 5.41) is 5.62. The van der Waals surface area contributed by atoms with Gasteiger partial charge >= 0.3 is 0 Å². The summed E-state index contributed by atoms with van der Waals surface area (Å²) in [5.41, 5.74) is 9.83. The molecule has 0 aliphatic carbocycles. The minimum Gasteiger partial charge on any atom is -0.281 e. The lowest BCUT2D eigenvalue weighted by Crippen LogP contribution is -2.29. The molecule has 0 aliphatic heterocycles. The first-order valence-corrected chi connectivity index (χ1v) is 8.99. The molecule has 4 aromatic rings. The summed E-state index contributed by atoms with van der Waals surface area (Å²) < 4.78 is 1.74. The number of nitrogens with one attached hydrogen (secondary N) is 2. The highest BCUT2D eigenvalue weighted by Gasteiger charge is 2.13. The van der Waals surface area contributed by atoms with E-state index in [1.54, 1.807) is 35.1 Å². The first-order chi connectivity index (χ1) is 13.5. The molecular formula is C20H17ClN6O. The summed E-state index contributed by atoms with van der Waals surface area (Å²) in [7, 11) is 0. The minimum absolute atomic E-state index is 0.323. The number of nitrogens with zero attached hydrogens (tertiary/aromatic N) is 4. The van der Waals surface area contributed by atoms with E-state index >= 15 is 0 Å². The number of anilines is 1. The van der Waals surface area contributed by atoms with E-state index in [2.05, 4.69) is 45.8 Å². The molecule has 0 bridgehead atoms. The lowest BCUT2D eigenvalue weighted by atomic mass is 10.1. The quantitative estimate of drug-likeness (QED) is 0.515. The highest BCUT2D eigenvalue weighted by molar-refractivity contribution is 6.30. The molecule has 140 valence electrons. The fraction of sp³-hybridized carbons (Fsp3) is 0.100. The maximum absolute atomic E-state index is 12.3. The Morgan fingerprint density at radius 2 is 1.93 bits per heavy atom. The Hall–Kier alpha value is -3.45. The number of aryl methyl sites for hydroxylation is 2. The third kappa shape index (κ3) is 3.39. The van der Waals surface area contributed by atoms with Crippen LogP contribution >= 0.6 is 11.6 Å². The van der Waals surface area contributed by atoms with Gasteiger partial charge in [0.05, 0.1) is 17.3 Å². The van der Waals surface area contributed by atoms with Crippen LogP contribution in [0.2, 0.25) is 5.02 Å². The Kier molecular flexibility index (Phi) is 4.67. The van der Waals surface area contributed by atoms with Gasteiger partial charge in [0, 0.05) is 10.6 Å². The number of rotatable bonds is 4. The Morgan fingerprint density at radius 1 is 1.07 bits per heavy atom. The first-order valence-electron chi connectivity index (χ1n) is 8.61. The van der Waals surface area contributed by atoms with E-state index in [-0.39, 0.29) is 5.91 Å². The Labute approximate surface area is 166 Å². The van der Waals surface area contributed by atoms with Gasteiger partial charge in [-0.25, -0.2) is 14.6 Å². The Bertz CT molecular complexity index is 1190. The molecule has 0 atom stereocenters. The number of hydrogen-bond donors (Lipinski definition) is 2. The number of hydrogen-bond acceptors (Lipinski definition) is 5. The molecule has 0 aliphatic rings. The highest BCUT2D eigenvalue weighted by atomic mass is 35.5. The predicted octanol–water partition coefficient (Wildman–Crippen LogP) is 3.84. The van der Waals surface area contributed by atoms with Gasteiger partial charge in [-0.2, -0.15) is 5.10 Å². The normalized spacial score (nSPS) is 10.8. The van der Waals surface area contributed by atoms with Gasteiger partial charge in [0.15, 0.2) is 11.5 Å². The van der Waals surface area contributed by atoms with Crippen molar-refractivity contribution in [1.82, 2.24) is 25.2 Å². The van der Waals surface area contributed by atoms with Crippen molar-refractivity contribution in [2.75, 3.05) is 5.43 Å². The van der Waals surface area contributed by atoms with E-state index in [9.17, 15) is 4.79 Å². The zero-order valence-corrected chi connectivity index (χ0v) is 16.0. The molecule has 2 heterocycles. The summed E-state index contributed by atoms with van der Waals surface area (Å²) >= 11 is 5.93. The zero-order chi connectivity index (χ0) is 19.7. The van der Waals surface area contributed by atoms with Crippen molar-refractivity contribution in [3.63, 3.8) is 0 Å². The standard InChI is InChI=1S/C20H17ClN6O/c1-12-6-7-16(8-13(12)2)27-19-17(10-24-27)18(22-11-23-19)25-26-20(28)14-4-3-5-15(21)9-14/h3-11H,1-2H3,(H,26,28)(H,22,23,25). The number of carbonyl (C=O) groups excluding carboxylic acids is 1. The maximum atomic E-state index is 12.3. The molecule has 7 nitrogen and oxygen atoms in total. The summed E-state index contributed by atoms with van der Waals surface area (Å²) in [6.45, 7) is 4.12. The van der Waals surface area contributed by atoms with Gasteiger partial charge < -0.3 is 0 Å². The van der Waals surface area contributed by atoms with Gasteiger partial charge in [-0.3, -0.25) is 15.6 Å². The number of benzene rings is 2. The maximum Gasteiger partial charge on any atom is 0.269 e. The van der Waals surface area contributed by atoms with Crippen molar-refractivity contribution in [2.45, 2.75) is 13.8 Å². The van der Waals surface area contributed by atoms with Gasteiger partial charge in [-0.05, 0) is 55.3 Å². The van der Waals surface area contributed by atoms with Crippen molar-refractivity contribution < 1.29 is 4.79 Å². The average molecular weight is 393 g/mol. The second kappa shape index (κ2) is 7.28. The molecule has 28 heavy (non-hydrogen) atoms. The smallest absolute Gasteiger partial charge is 0.269 e. The molecule has 0 saturated heterocycles. The molecule has 2 N–H and O–H groups in total. The molecule has 4 rings (SSSR count). The van der Waals surface area contributed by atoms with E-state index in [1.165, 1.54) is 17.5 Å². The summed E-state index contributed by atoms with van der Waals surface area (Å²) in [4.78, 5) is 20.9. The van der Waals surface area contributed by atoms with Crippen molar-refractivity contribution in [1.29, 1.82) is 0 Å². The third-order valence-electron chi connectivity index (χ3n) is 4.48. The summed E-state index contributed by atoms with van der Waals surface area (Å²) in [6.07, 6.45) is 3.09. The van der Waals surface area contributed by atoms with Gasteiger partial charge in [0.25, 0.3) is 5.91 Å². The lowest BCUT2D eigenvalue weighted by molar-refractivity contribution is 0.0962. The molecule has 0 fully saturated rings. The summed E-state index contributed by atoms with van der Waals surface area (Å²) in [6, 6.07) is 12.8. The van der Waals surface area contributed by atoms with Crippen LogP contribution in [0.3, 0.4) is 0 Å². The Balaban J connectivity index is 1.61. The lowest BCUT2D eigenvalue weighted by Gasteiger charge is -2.09. The van der Waals surface area contributed by atoms with E-state index in [0.717, 1.165) is 5.69 Å². The van der Waals surface area contributed by atoms with Crippen LogP contribution in [0.15, 0.2) is 55.0 Å². The Morgan fingerprint density at radius 3 is 2.71 bits per heavy atom. The van der Waals surface area contributed by atoms with Crippen LogP contribution in [-0.4, -0.2) is 25.7 Å². The predicted molar refractivity (Wildman–Crippen MR) is 109 cm³/mol. The van der Waals surface area contributed by atoms with Gasteiger partial charge in [0.2, 0.25) is 0 Å². The van der Waals surface area contributed by atoms with E-state index in [1.807, 2.05) is 12.1 Å². The number of carbonyl (C=O) groups is 1. The van der Waals surface area contributed by atoms with Gasteiger partial charge in [-0.1, -0.05) is 23.7 Å². The largest absolute Gasteiger partial charge is 0.281 e. The topological polar surface area (TPSA) is 84.7 Å². The highest BCUT2D eigenvalue weighted by Crippen LogP contribution is 2.22.